The van der Waals surface area contributed by atoms with Crippen LogP contribution in [-0.4, -0.2) is 0 Å². The molecule has 110 valence electrons. The molecular weight excluding hydrogens is 252 g/mol. The van der Waals surface area contributed by atoms with Gasteiger partial charge in [-0.25, -0.2) is 0 Å². The van der Waals surface area contributed by atoms with Gasteiger partial charge in [0.05, 0.1) is 0 Å². The first kappa shape index (κ1) is 14.4. The maximum Gasteiger partial charge on any atom is 0.0159 e. The van der Waals surface area contributed by atoms with Gasteiger partial charge in [-0.15, -0.1) is 0 Å². The lowest BCUT2D eigenvalue weighted by atomic mass is 9.80. The first-order chi connectivity index (χ1) is 9.90. The van der Waals surface area contributed by atoms with Gasteiger partial charge < -0.3 is 0 Å². The predicted octanol–water partition coefficient (Wildman–Crippen LogP) is 5.73. The Morgan fingerprint density at radius 2 is 1.10 bits per heavy atom. The van der Waals surface area contributed by atoms with Crippen molar-refractivity contribution in [2.45, 2.75) is 59.8 Å². The van der Waals surface area contributed by atoms with E-state index in [2.05, 4.69) is 65.8 Å². The van der Waals surface area contributed by atoms with Crippen molar-refractivity contribution in [1.82, 2.24) is 0 Å². The van der Waals surface area contributed by atoms with Crippen LogP contribution in [0.4, 0.5) is 0 Å². The summed E-state index contributed by atoms with van der Waals surface area (Å²) in [5, 5.41) is 0. The molecule has 0 heterocycles. The summed E-state index contributed by atoms with van der Waals surface area (Å²) in [7, 11) is 0. The lowest BCUT2D eigenvalue weighted by Crippen LogP contribution is -2.16. The first-order valence-corrected chi connectivity index (χ1v) is 8.18. The molecule has 3 rings (SSSR count). The minimum absolute atomic E-state index is 0.125. The summed E-state index contributed by atoms with van der Waals surface area (Å²) in [5.41, 5.74) is 11.9. The van der Waals surface area contributed by atoms with Crippen molar-refractivity contribution in [3.05, 3.63) is 57.6 Å². The highest BCUT2D eigenvalue weighted by molar-refractivity contribution is 5.82. The molecule has 1 aliphatic carbocycles. The fourth-order valence-electron chi connectivity index (χ4n) is 3.89. The zero-order chi connectivity index (χ0) is 15.4. The van der Waals surface area contributed by atoms with Crippen LogP contribution in [0.5, 0.6) is 0 Å². The van der Waals surface area contributed by atoms with E-state index in [1.807, 2.05) is 0 Å². The molecule has 1 aliphatic rings. The van der Waals surface area contributed by atoms with Crippen molar-refractivity contribution >= 4 is 0 Å². The van der Waals surface area contributed by atoms with Crippen LogP contribution in [0.3, 0.4) is 0 Å². The van der Waals surface area contributed by atoms with E-state index in [4.69, 9.17) is 0 Å². The van der Waals surface area contributed by atoms with Crippen LogP contribution in [0.15, 0.2) is 24.3 Å². The van der Waals surface area contributed by atoms with Gasteiger partial charge in [0.15, 0.2) is 0 Å². The van der Waals surface area contributed by atoms with Gasteiger partial charge >= 0.3 is 0 Å². The molecule has 0 fully saturated rings. The van der Waals surface area contributed by atoms with Gasteiger partial charge in [-0.2, -0.15) is 0 Å². The largest absolute Gasteiger partial charge is 0.0613 e. The molecule has 0 spiro atoms. The van der Waals surface area contributed by atoms with Crippen molar-refractivity contribution in [3.8, 4) is 11.1 Å². The molecule has 0 saturated carbocycles. The number of hydrogen-bond donors (Lipinski definition) is 0. The van der Waals surface area contributed by atoms with Crippen LogP contribution >= 0.6 is 0 Å². The topological polar surface area (TPSA) is 0 Å². The number of rotatable bonds is 2. The standard InChI is InChI=1S/C21H26/c1-7-15-11-19-17(9-13(15)3)18-10-14(4)16(8-2)12-20(18)21(19,5)6/h9-12H,7-8H2,1-6H3. The van der Waals surface area contributed by atoms with Crippen molar-refractivity contribution < 1.29 is 0 Å². The third-order valence-electron chi connectivity index (χ3n) is 5.35. The lowest BCUT2D eigenvalue weighted by molar-refractivity contribution is 0.657. The summed E-state index contributed by atoms with van der Waals surface area (Å²) < 4.78 is 0. The Labute approximate surface area is 129 Å². The van der Waals surface area contributed by atoms with Crippen molar-refractivity contribution in [2.24, 2.45) is 0 Å². The third-order valence-corrected chi connectivity index (χ3v) is 5.35. The van der Waals surface area contributed by atoms with Crippen LogP contribution in [-0.2, 0) is 18.3 Å². The summed E-state index contributed by atoms with van der Waals surface area (Å²) in [6.07, 6.45) is 2.23. The van der Waals surface area contributed by atoms with E-state index in [0.717, 1.165) is 12.8 Å². The maximum absolute atomic E-state index is 2.45. The number of hydrogen-bond acceptors (Lipinski definition) is 0. The zero-order valence-electron chi connectivity index (χ0n) is 14.2. The molecule has 0 aromatic heterocycles. The molecule has 0 saturated heterocycles. The van der Waals surface area contributed by atoms with E-state index in [-0.39, 0.29) is 5.41 Å². The van der Waals surface area contributed by atoms with E-state index in [0.29, 0.717) is 0 Å². The Morgan fingerprint density at radius 1 is 0.714 bits per heavy atom. The molecule has 0 bridgehead atoms. The SMILES string of the molecule is CCc1cc2c(cc1C)-c1cc(C)c(CC)cc1C2(C)C. The smallest absolute Gasteiger partial charge is 0.0159 e. The summed E-state index contributed by atoms with van der Waals surface area (Å²) in [4.78, 5) is 0. The maximum atomic E-state index is 2.45. The lowest BCUT2D eigenvalue weighted by Gasteiger charge is -2.23. The van der Waals surface area contributed by atoms with E-state index < -0.39 is 0 Å². The van der Waals surface area contributed by atoms with Crippen LogP contribution in [0.2, 0.25) is 0 Å². The van der Waals surface area contributed by atoms with E-state index in [1.165, 1.54) is 44.5 Å². The molecule has 0 atom stereocenters. The van der Waals surface area contributed by atoms with Crippen LogP contribution in [0, 0.1) is 13.8 Å². The van der Waals surface area contributed by atoms with E-state index in [9.17, 15) is 0 Å². The summed E-state index contributed by atoms with van der Waals surface area (Å²) >= 11 is 0. The molecule has 21 heavy (non-hydrogen) atoms. The zero-order valence-corrected chi connectivity index (χ0v) is 14.2. The second kappa shape index (κ2) is 4.73. The van der Waals surface area contributed by atoms with Crippen molar-refractivity contribution in [2.75, 3.05) is 0 Å². The minimum Gasteiger partial charge on any atom is -0.0613 e. The van der Waals surface area contributed by atoms with Gasteiger partial charge in [0.1, 0.15) is 0 Å². The molecular formula is C21H26. The average molecular weight is 278 g/mol. The van der Waals surface area contributed by atoms with Gasteiger partial charge in [0.2, 0.25) is 0 Å². The Kier molecular flexibility index (Phi) is 3.24. The third kappa shape index (κ3) is 1.96. The van der Waals surface area contributed by atoms with Crippen LogP contribution in [0.1, 0.15) is 61.1 Å². The fraction of sp³-hybridized carbons (Fsp3) is 0.429. The van der Waals surface area contributed by atoms with Crippen LogP contribution < -0.4 is 0 Å². The highest BCUT2D eigenvalue weighted by Crippen LogP contribution is 2.50. The number of fused-ring (bicyclic) bond motifs is 3. The minimum atomic E-state index is 0.125. The fourth-order valence-corrected chi connectivity index (χ4v) is 3.89. The van der Waals surface area contributed by atoms with Crippen molar-refractivity contribution in [3.63, 3.8) is 0 Å². The molecule has 2 aromatic rings. The van der Waals surface area contributed by atoms with Crippen molar-refractivity contribution in [1.29, 1.82) is 0 Å². The Morgan fingerprint density at radius 3 is 1.43 bits per heavy atom. The number of aryl methyl sites for hydroxylation is 4. The van der Waals surface area contributed by atoms with Gasteiger partial charge in [0, 0.05) is 5.41 Å². The molecule has 0 heteroatoms. The Hall–Kier alpha value is -1.56. The number of benzene rings is 2. The quantitative estimate of drug-likeness (QED) is 0.657. The summed E-state index contributed by atoms with van der Waals surface area (Å²) in [6, 6.07) is 9.72. The summed E-state index contributed by atoms with van der Waals surface area (Å²) in [5.74, 6) is 0. The molecule has 0 aliphatic heterocycles. The molecule has 0 N–H and O–H groups in total. The Bertz CT molecular complexity index is 656. The molecule has 0 unspecified atom stereocenters. The van der Waals surface area contributed by atoms with Crippen LogP contribution in [0.25, 0.3) is 11.1 Å². The molecule has 0 amide bonds. The average Bonchev–Trinajstić information content (AvgIpc) is 2.65. The van der Waals surface area contributed by atoms with Gasteiger partial charge in [0.25, 0.3) is 0 Å². The monoisotopic (exact) mass is 278 g/mol. The predicted molar refractivity (Wildman–Crippen MR) is 92.2 cm³/mol. The van der Waals surface area contributed by atoms with E-state index in [1.54, 1.807) is 0 Å². The molecule has 0 radical (unpaired) electrons. The molecule has 0 nitrogen and oxygen atoms in total. The second-order valence-corrected chi connectivity index (χ2v) is 6.98. The Balaban J connectivity index is 2.33. The van der Waals surface area contributed by atoms with E-state index >= 15 is 0 Å². The van der Waals surface area contributed by atoms with Gasteiger partial charge in [-0.3, -0.25) is 0 Å². The highest BCUT2D eigenvalue weighted by Gasteiger charge is 2.36. The van der Waals surface area contributed by atoms with Gasteiger partial charge in [-0.05, 0) is 71.2 Å². The normalized spacial score (nSPS) is 15.0. The summed E-state index contributed by atoms with van der Waals surface area (Å²) in [6.45, 7) is 13.8. The van der Waals surface area contributed by atoms with Gasteiger partial charge in [-0.1, -0.05) is 52.0 Å². The first-order valence-electron chi connectivity index (χ1n) is 8.18. The highest BCUT2D eigenvalue weighted by atomic mass is 14.4. The molecule has 2 aromatic carbocycles. The second-order valence-electron chi connectivity index (χ2n) is 6.98.